The van der Waals surface area contributed by atoms with E-state index in [0.717, 1.165) is 5.56 Å². The highest BCUT2D eigenvalue weighted by molar-refractivity contribution is 7.92. The van der Waals surface area contributed by atoms with Crippen molar-refractivity contribution < 1.29 is 22.7 Å². The number of anilines is 1. The molecule has 0 fully saturated rings. The third-order valence-corrected chi connectivity index (χ3v) is 7.17. The lowest BCUT2D eigenvalue weighted by Gasteiger charge is -2.34. The number of ether oxygens (including phenoxy) is 2. The molecule has 1 atom stereocenters. The maximum atomic E-state index is 13.4. The maximum absolute atomic E-state index is 13.4. The van der Waals surface area contributed by atoms with Crippen molar-refractivity contribution in [3.63, 3.8) is 0 Å². The van der Waals surface area contributed by atoms with Crippen LogP contribution in [0.3, 0.4) is 0 Å². The van der Waals surface area contributed by atoms with Crippen molar-refractivity contribution in [2.24, 2.45) is 0 Å². The minimum Gasteiger partial charge on any atom is -0.492 e. The van der Waals surface area contributed by atoms with Crippen molar-refractivity contribution in [1.29, 1.82) is 0 Å². The lowest BCUT2D eigenvalue weighted by atomic mass is 10.2. The summed E-state index contributed by atoms with van der Waals surface area (Å²) in [7, 11) is -3.89. The molecule has 172 valence electrons. The van der Waals surface area contributed by atoms with Crippen LogP contribution >= 0.6 is 11.6 Å². The summed E-state index contributed by atoms with van der Waals surface area (Å²) in [5.41, 5.74) is 1.35. The summed E-state index contributed by atoms with van der Waals surface area (Å²) in [5, 5.41) is 3.35. The molecule has 0 unspecified atom stereocenters. The topological polar surface area (TPSA) is 84.9 Å². The second-order valence-electron chi connectivity index (χ2n) is 7.52. The first-order valence-corrected chi connectivity index (χ1v) is 12.2. The van der Waals surface area contributed by atoms with Crippen molar-refractivity contribution in [3.05, 3.63) is 83.4 Å². The molecule has 1 heterocycles. The molecule has 33 heavy (non-hydrogen) atoms. The summed E-state index contributed by atoms with van der Waals surface area (Å²) >= 11 is 5.85. The van der Waals surface area contributed by atoms with E-state index >= 15 is 0 Å². The van der Waals surface area contributed by atoms with Gasteiger partial charge in [0.25, 0.3) is 15.9 Å². The molecule has 9 heteroatoms. The number of hydrogen-bond acceptors (Lipinski definition) is 5. The van der Waals surface area contributed by atoms with Crippen LogP contribution in [0.15, 0.2) is 77.7 Å². The van der Waals surface area contributed by atoms with Gasteiger partial charge in [-0.2, -0.15) is 0 Å². The maximum Gasteiger partial charge on any atom is 0.264 e. The van der Waals surface area contributed by atoms with Crippen molar-refractivity contribution in [3.8, 4) is 11.5 Å². The zero-order valence-corrected chi connectivity index (χ0v) is 19.5. The molecule has 1 N–H and O–H groups in total. The van der Waals surface area contributed by atoms with Crippen LogP contribution in [0.1, 0.15) is 5.56 Å². The molecule has 0 radical (unpaired) electrons. The number of carbonyl (C=O) groups excluding carboxylic acids is 1. The molecule has 0 aromatic heterocycles. The Labute approximate surface area is 197 Å². The molecule has 3 aromatic rings. The van der Waals surface area contributed by atoms with Gasteiger partial charge in [0.2, 0.25) is 0 Å². The predicted molar refractivity (Wildman–Crippen MR) is 127 cm³/mol. The van der Waals surface area contributed by atoms with Crippen molar-refractivity contribution in [1.82, 2.24) is 5.32 Å². The lowest BCUT2D eigenvalue weighted by Crippen LogP contribution is -2.51. The van der Waals surface area contributed by atoms with Gasteiger partial charge >= 0.3 is 0 Å². The van der Waals surface area contributed by atoms with Gasteiger partial charge < -0.3 is 14.8 Å². The van der Waals surface area contributed by atoms with E-state index in [4.69, 9.17) is 21.1 Å². The van der Waals surface area contributed by atoms with Gasteiger partial charge in [-0.25, -0.2) is 8.42 Å². The van der Waals surface area contributed by atoms with Gasteiger partial charge in [0, 0.05) is 5.02 Å². The predicted octanol–water partition coefficient (Wildman–Crippen LogP) is 3.80. The van der Waals surface area contributed by atoms with E-state index in [1.54, 1.807) is 72.8 Å². The van der Waals surface area contributed by atoms with E-state index in [-0.39, 0.29) is 24.6 Å². The smallest absolute Gasteiger partial charge is 0.264 e. The SMILES string of the molecule is Cc1ccc(S(=O)(=O)N2C[C@H](C(=O)NCCOc3ccc(Cl)cc3)Oc3ccccc32)cc1. The first-order valence-electron chi connectivity index (χ1n) is 10.4. The number of benzene rings is 3. The summed E-state index contributed by atoms with van der Waals surface area (Å²) in [6.07, 6.45) is -1.00. The van der Waals surface area contributed by atoms with Crippen molar-refractivity contribution in [2.75, 3.05) is 24.0 Å². The fourth-order valence-electron chi connectivity index (χ4n) is 3.39. The van der Waals surface area contributed by atoms with Gasteiger partial charge in [-0.1, -0.05) is 41.4 Å². The number of carbonyl (C=O) groups is 1. The number of fused-ring (bicyclic) bond motifs is 1. The van der Waals surface area contributed by atoms with E-state index in [1.165, 1.54) is 4.31 Å². The molecule has 7 nitrogen and oxygen atoms in total. The Morgan fingerprint density at radius 1 is 1.09 bits per heavy atom. The fraction of sp³-hybridized carbons (Fsp3) is 0.208. The van der Waals surface area contributed by atoms with Gasteiger partial charge in [-0.3, -0.25) is 9.10 Å². The van der Waals surface area contributed by atoms with E-state index in [9.17, 15) is 13.2 Å². The van der Waals surface area contributed by atoms with Crippen LogP contribution in [0.25, 0.3) is 0 Å². The Kier molecular flexibility index (Phi) is 6.76. The van der Waals surface area contributed by atoms with E-state index in [0.29, 0.717) is 22.2 Å². The molecular weight excluding hydrogens is 464 g/mol. The molecule has 1 aliphatic rings. The Bertz CT molecular complexity index is 1230. The average molecular weight is 487 g/mol. The summed E-state index contributed by atoms with van der Waals surface area (Å²) in [5.74, 6) is 0.539. The number of para-hydroxylation sites is 2. The largest absolute Gasteiger partial charge is 0.492 e. The van der Waals surface area contributed by atoms with Crippen LogP contribution < -0.4 is 19.1 Å². The Morgan fingerprint density at radius 3 is 2.52 bits per heavy atom. The van der Waals surface area contributed by atoms with E-state index < -0.39 is 22.0 Å². The minimum atomic E-state index is -3.89. The number of nitrogens with zero attached hydrogens (tertiary/aromatic N) is 1. The Hall–Kier alpha value is -3.23. The zero-order valence-electron chi connectivity index (χ0n) is 17.9. The van der Waals surface area contributed by atoms with Crippen molar-refractivity contribution in [2.45, 2.75) is 17.9 Å². The van der Waals surface area contributed by atoms with Gasteiger partial charge in [0.15, 0.2) is 6.10 Å². The van der Waals surface area contributed by atoms with Crippen LogP contribution in [-0.4, -0.2) is 40.1 Å². The minimum absolute atomic E-state index is 0.142. The van der Waals surface area contributed by atoms with Crippen LogP contribution in [0.5, 0.6) is 11.5 Å². The Morgan fingerprint density at radius 2 is 1.79 bits per heavy atom. The monoisotopic (exact) mass is 486 g/mol. The third-order valence-electron chi connectivity index (χ3n) is 5.12. The second-order valence-corrected chi connectivity index (χ2v) is 9.82. The molecule has 1 aliphatic heterocycles. The number of halogens is 1. The molecule has 0 spiro atoms. The molecular formula is C24H23ClN2O5S. The summed E-state index contributed by atoms with van der Waals surface area (Å²) < 4.78 is 39.4. The number of nitrogens with one attached hydrogen (secondary N) is 1. The molecule has 0 saturated carbocycles. The summed E-state index contributed by atoms with van der Waals surface area (Å²) in [6.45, 7) is 2.21. The van der Waals surface area contributed by atoms with Gasteiger partial charge in [-0.05, 0) is 55.5 Å². The zero-order chi connectivity index (χ0) is 23.4. The number of amides is 1. The highest BCUT2D eigenvalue weighted by Gasteiger charge is 2.37. The molecule has 4 rings (SSSR count). The first-order chi connectivity index (χ1) is 15.8. The van der Waals surface area contributed by atoms with Crippen LogP contribution in [-0.2, 0) is 14.8 Å². The molecule has 1 amide bonds. The normalized spacial score (nSPS) is 15.3. The van der Waals surface area contributed by atoms with Crippen LogP contribution in [0.4, 0.5) is 5.69 Å². The van der Waals surface area contributed by atoms with Crippen LogP contribution in [0.2, 0.25) is 5.02 Å². The standard InChI is InChI=1S/C24H23ClN2O5S/c1-17-6-12-20(13-7-17)33(29,30)27-16-23(32-22-5-3-2-4-21(22)27)24(28)26-14-15-31-19-10-8-18(25)9-11-19/h2-13,23H,14-16H2,1H3,(H,26,28)/t23-/m1/s1. The lowest BCUT2D eigenvalue weighted by molar-refractivity contribution is -0.127. The quantitative estimate of drug-likeness (QED) is 0.513. The van der Waals surface area contributed by atoms with Gasteiger partial charge in [-0.15, -0.1) is 0 Å². The molecule has 3 aromatic carbocycles. The third kappa shape index (κ3) is 5.23. The second kappa shape index (κ2) is 9.72. The fourth-order valence-corrected chi connectivity index (χ4v) is 4.99. The molecule has 0 aliphatic carbocycles. The molecule has 0 bridgehead atoms. The highest BCUT2D eigenvalue weighted by Crippen LogP contribution is 2.36. The number of sulfonamides is 1. The van der Waals surface area contributed by atoms with Crippen molar-refractivity contribution >= 4 is 33.2 Å². The number of hydrogen-bond donors (Lipinski definition) is 1. The molecule has 0 saturated heterocycles. The van der Waals surface area contributed by atoms with E-state index in [2.05, 4.69) is 5.32 Å². The highest BCUT2D eigenvalue weighted by atomic mass is 35.5. The summed E-state index contributed by atoms with van der Waals surface area (Å²) in [6, 6.07) is 20.3. The number of rotatable bonds is 7. The van der Waals surface area contributed by atoms with Crippen LogP contribution in [0, 0.1) is 6.92 Å². The average Bonchev–Trinajstić information content (AvgIpc) is 2.82. The first kappa shape index (κ1) is 22.9. The number of aryl methyl sites for hydroxylation is 1. The van der Waals surface area contributed by atoms with Gasteiger partial charge in [0.1, 0.15) is 18.1 Å². The Balaban J connectivity index is 1.46. The van der Waals surface area contributed by atoms with E-state index in [1.807, 2.05) is 6.92 Å². The van der Waals surface area contributed by atoms with Gasteiger partial charge in [0.05, 0.1) is 23.7 Å². The summed E-state index contributed by atoms with van der Waals surface area (Å²) in [4.78, 5) is 12.9.